The van der Waals surface area contributed by atoms with E-state index >= 15 is 0 Å². The Hall–Kier alpha value is -2.73. The maximum Gasteiger partial charge on any atom is 0.251 e. The Kier molecular flexibility index (Phi) is 6.65. The quantitative estimate of drug-likeness (QED) is 0.718. The smallest absolute Gasteiger partial charge is 0.251 e. The summed E-state index contributed by atoms with van der Waals surface area (Å²) in [6.07, 6.45) is 0.799. The van der Waals surface area contributed by atoms with Gasteiger partial charge >= 0.3 is 0 Å². The third kappa shape index (κ3) is 5.39. The molecule has 2 rings (SSSR count). The van der Waals surface area contributed by atoms with E-state index in [1.54, 1.807) is 31.3 Å². The summed E-state index contributed by atoms with van der Waals surface area (Å²) < 4.78 is 13.3. The molecule has 5 nitrogen and oxygen atoms in total. The molecule has 0 aromatic heterocycles. The number of halogens is 1. The maximum absolute atomic E-state index is 13.3. The summed E-state index contributed by atoms with van der Waals surface area (Å²) >= 11 is 0. The molecule has 0 spiro atoms. The molecule has 2 aromatic carbocycles. The summed E-state index contributed by atoms with van der Waals surface area (Å²) in [5.41, 5.74) is 2.39. The third-order valence-electron chi connectivity index (χ3n) is 3.83. The average molecular weight is 344 g/mol. The number of hydrogen-bond acceptors (Lipinski definition) is 3. The number of aliphatic hydroxyl groups is 1. The molecule has 2 aromatic rings. The monoisotopic (exact) mass is 344 g/mol. The van der Waals surface area contributed by atoms with E-state index in [4.69, 9.17) is 5.11 Å². The first-order chi connectivity index (χ1) is 12.0. The lowest BCUT2D eigenvalue weighted by molar-refractivity contribution is -0.121. The molecule has 0 bridgehead atoms. The van der Waals surface area contributed by atoms with Crippen LogP contribution in [0.15, 0.2) is 42.5 Å². The Morgan fingerprint density at radius 3 is 2.64 bits per heavy atom. The molecule has 0 atom stereocenters. The normalized spacial score (nSPS) is 10.4. The second kappa shape index (κ2) is 8.94. The van der Waals surface area contributed by atoms with E-state index in [1.165, 1.54) is 12.1 Å². The minimum atomic E-state index is -0.464. The van der Waals surface area contributed by atoms with Crippen LogP contribution >= 0.6 is 0 Å². The zero-order valence-electron chi connectivity index (χ0n) is 14.0. The molecule has 0 aliphatic carbocycles. The Morgan fingerprint density at radius 1 is 1.12 bits per heavy atom. The van der Waals surface area contributed by atoms with Crippen molar-refractivity contribution in [1.82, 2.24) is 10.6 Å². The molecular formula is C19H21FN2O3. The molecule has 0 heterocycles. The fourth-order valence-electron chi connectivity index (χ4n) is 2.42. The largest absolute Gasteiger partial charge is 0.392 e. The number of carbonyl (C=O) groups excluding carboxylic acids is 2. The predicted octanol–water partition coefficient (Wildman–Crippen LogP) is 1.93. The molecule has 0 saturated carbocycles. The van der Waals surface area contributed by atoms with Crippen molar-refractivity contribution in [1.29, 1.82) is 0 Å². The number of rotatable bonds is 7. The summed E-state index contributed by atoms with van der Waals surface area (Å²) in [4.78, 5) is 23.6. The van der Waals surface area contributed by atoms with Crippen LogP contribution in [-0.2, 0) is 24.4 Å². The van der Waals surface area contributed by atoms with Crippen LogP contribution in [-0.4, -0.2) is 24.0 Å². The summed E-state index contributed by atoms with van der Waals surface area (Å²) in [7, 11) is 1.57. The first kappa shape index (κ1) is 18.6. The van der Waals surface area contributed by atoms with E-state index in [2.05, 4.69) is 10.6 Å². The zero-order valence-corrected chi connectivity index (χ0v) is 14.0. The SMILES string of the molecule is CNC(=O)c1cccc(CCC(=O)NCc2ccc(F)c(CO)c2)c1. The Labute approximate surface area is 145 Å². The van der Waals surface area contributed by atoms with Gasteiger partial charge in [-0.25, -0.2) is 4.39 Å². The molecule has 0 aliphatic rings. The van der Waals surface area contributed by atoms with Crippen LogP contribution in [0.2, 0.25) is 0 Å². The van der Waals surface area contributed by atoms with Gasteiger partial charge in [0.25, 0.3) is 5.91 Å². The highest BCUT2D eigenvalue weighted by molar-refractivity contribution is 5.94. The molecule has 6 heteroatoms. The molecule has 0 unspecified atom stereocenters. The van der Waals surface area contributed by atoms with Crippen LogP contribution in [0.3, 0.4) is 0 Å². The summed E-state index contributed by atoms with van der Waals surface area (Å²) in [5.74, 6) is -0.768. The highest BCUT2D eigenvalue weighted by Crippen LogP contribution is 2.11. The van der Waals surface area contributed by atoms with E-state index in [9.17, 15) is 14.0 Å². The summed E-state index contributed by atoms with van der Waals surface area (Å²) in [6, 6.07) is 11.5. The van der Waals surface area contributed by atoms with Crippen molar-refractivity contribution in [2.24, 2.45) is 0 Å². The standard InChI is InChI=1S/C19H21FN2O3/c1-21-19(25)15-4-2-3-13(9-15)6-8-18(24)22-11-14-5-7-17(20)16(10-14)12-23/h2-5,7,9-10,23H,6,8,11-12H2,1H3,(H,21,25)(H,22,24). The topological polar surface area (TPSA) is 78.4 Å². The van der Waals surface area contributed by atoms with Gasteiger partial charge in [-0.2, -0.15) is 0 Å². The first-order valence-corrected chi connectivity index (χ1v) is 7.99. The average Bonchev–Trinajstić information content (AvgIpc) is 2.65. The van der Waals surface area contributed by atoms with Gasteiger partial charge in [-0.1, -0.05) is 18.2 Å². The molecule has 0 aliphatic heterocycles. The van der Waals surface area contributed by atoms with E-state index in [0.29, 0.717) is 12.0 Å². The summed E-state index contributed by atoms with van der Waals surface area (Å²) in [5, 5.41) is 14.4. The minimum Gasteiger partial charge on any atom is -0.392 e. The number of carbonyl (C=O) groups is 2. The second-order valence-electron chi connectivity index (χ2n) is 5.64. The molecule has 132 valence electrons. The molecule has 25 heavy (non-hydrogen) atoms. The molecular weight excluding hydrogens is 323 g/mol. The Bertz CT molecular complexity index is 762. The zero-order chi connectivity index (χ0) is 18.2. The number of aryl methyl sites for hydroxylation is 1. The lowest BCUT2D eigenvalue weighted by Gasteiger charge is -2.08. The van der Waals surface area contributed by atoms with Gasteiger partial charge in [0.05, 0.1) is 6.61 Å². The fraction of sp³-hybridized carbons (Fsp3) is 0.263. The fourth-order valence-corrected chi connectivity index (χ4v) is 2.42. The van der Waals surface area contributed by atoms with E-state index in [1.807, 2.05) is 6.07 Å². The lowest BCUT2D eigenvalue weighted by Crippen LogP contribution is -2.23. The third-order valence-corrected chi connectivity index (χ3v) is 3.83. The molecule has 0 fully saturated rings. The summed E-state index contributed by atoms with van der Waals surface area (Å²) in [6.45, 7) is -0.111. The van der Waals surface area contributed by atoms with Gasteiger partial charge in [-0.05, 0) is 41.8 Å². The van der Waals surface area contributed by atoms with E-state index in [-0.39, 0.29) is 37.0 Å². The molecule has 0 saturated heterocycles. The molecule has 3 N–H and O–H groups in total. The molecule has 2 amide bonds. The number of amides is 2. The Morgan fingerprint density at radius 2 is 1.92 bits per heavy atom. The van der Waals surface area contributed by atoms with Crippen LogP contribution in [0.1, 0.15) is 33.5 Å². The van der Waals surface area contributed by atoms with Crippen molar-refractivity contribution < 1.29 is 19.1 Å². The van der Waals surface area contributed by atoms with Crippen LogP contribution < -0.4 is 10.6 Å². The van der Waals surface area contributed by atoms with Crippen molar-refractivity contribution in [2.45, 2.75) is 26.0 Å². The van der Waals surface area contributed by atoms with Gasteiger partial charge in [0.15, 0.2) is 0 Å². The van der Waals surface area contributed by atoms with Gasteiger partial charge in [0, 0.05) is 31.1 Å². The van der Waals surface area contributed by atoms with Crippen LogP contribution in [0.4, 0.5) is 4.39 Å². The lowest BCUT2D eigenvalue weighted by atomic mass is 10.1. The van der Waals surface area contributed by atoms with Crippen LogP contribution in [0, 0.1) is 5.82 Å². The van der Waals surface area contributed by atoms with Crippen molar-refractivity contribution in [3.05, 3.63) is 70.5 Å². The predicted molar refractivity (Wildman–Crippen MR) is 92.3 cm³/mol. The minimum absolute atomic E-state index is 0.139. The number of nitrogens with one attached hydrogen (secondary N) is 2. The van der Waals surface area contributed by atoms with Crippen molar-refractivity contribution >= 4 is 11.8 Å². The first-order valence-electron chi connectivity index (χ1n) is 7.99. The second-order valence-corrected chi connectivity index (χ2v) is 5.64. The number of aliphatic hydroxyl groups excluding tert-OH is 1. The highest BCUT2D eigenvalue weighted by Gasteiger charge is 2.07. The van der Waals surface area contributed by atoms with Crippen molar-refractivity contribution in [3.63, 3.8) is 0 Å². The van der Waals surface area contributed by atoms with Crippen molar-refractivity contribution in [2.75, 3.05) is 7.05 Å². The Balaban J connectivity index is 1.86. The van der Waals surface area contributed by atoms with Gasteiger partial charge in [0.1, 0.15) is 5.82 Å². The van der Waals surface area contributed by atoms with Crippen LogP contribution in [0.25, 0.3) is 0 Å². The van der Waals surface area contributed by atoms with Gasteiger partial charge in [0.2, 0.25) is 5.91 Å². The van der Waals surface area contributed by atoms with E-state index < -0.39 is 5.82 Å². The molecule has 0 radical (unpaired) electrons. The van der Waals surface area contributed by atoms with Gasteiger partial charge in [-0.15, -0.1) is 0 Å². The number of benzene rings is 2. The van der Waals surface area contributed by atoms with Crippen molar-refractivity contribution in [3.8, 4) is 0 Å². The highest BCUT2D eigenvalue weighted by atomic mass is 19.1. The maximum atomic E-state index is 13.3. The van der Waals surface area contributed by atoms with Gasteiger partial charge in [-0.3, -0.25) is 9.59 Å². The number of hydrogen-bond donors (Lipinski definition) is 3. The van der Waals surface area contributed by atoms with Gasteiger partial charge < -0.3 is 15.7 Å². The van der Waals surface area contributed by atoms with Crippen LogP contribution in [0.5, 0.6) is 0 Å². The van der Waals surface area contributed by atoms with E-state index in [0.717, 1.165) is 11.1 Å².